The Balaban J connectivity index is 1.98. The van der Waals surface area contributed by atoms with Crippen molar-refractivity contribution in [2.24, 2.45) is 0 Å². The second-order valence-electron chi connectivity index (χ2n) is 5.84. The van der Waals surface area contributed by atoms with Gasteiger partial charge >= 0.3 is 0 Å². The average Bonchev–Trinajstić information content (AvgIpc) is 2.43. The minimum Gasteiger partial charge on any atom is -0.392 e. The molecule has 2 atom stereocenters. The Labute approximate surface area is 125 Å². The lowest BCUT2D eigenvalue weighted by Gasteiger charge is -2.40. The largest absolute Gasteiger partial charge is 0.392 e. The van der Waals surface area contributed by atoms with Crippen molar-refractivity contribution in [2.45, 2.75) is 32.5 Å². The predicted octanol–water partition coefficient (Wildman–Crippen LogP) is 1.58. The predicted molar refractivity (Wildman–Crippen MR) is 79.1 cm³/mol. The van der Waals surface area contributed by atoms with E-state index in [1.165, 1.54) is 12.1 Å². The van der Waals surface area contributed by atoms with Crippen molar-refractivity contribution in [3.63, 3.8) is 0 Å². The van der Waals surface area contributed by atoms with Gasteiger partial charge in [-0.15, -0.1) is 0 Å². The third-order valence-corrected chi connectivity index (χ3v) is 3.93. The molecule has 114 valence electrons. The van der Waals surface area contributed by atoms with Gasteiger partial charge < -0.3 is 5.11 Å². The third-order valence-electron chi connectivity index (χ3n) is 3.93. The first-order valence-electron chi connectivity index (χ1n) is 7.32. The Hall–Kier alpha value is -1.48. The molecule has 1 aliphatic heterocycles. The van der Waals surface area contributed by atoms with Gasteiger partial charge in [-0.25, -0.2) is 4.39 Å². The zero-order valence-electron chi connectivity index (χ0n) is 12.6. The van der Waals surface area contributed by atoms with E-state index in [0.29, 0.717) is 24.7 Å². The topological polar surface area (TPSA) is 50.5 Å². The summed E-state index contributed by atoms with van der Waals surface area (Å²) in [5.74, 6) is -0.370. The smallest absolute Gasteiger partial charge is 0.124 e. The van der Waals surface area contributed by atoms with Gasteiger partial charge in [-0.05, 0) is 31.5 Å². The molecule has 0 radical (unpaired) electrons. The number of nitriles is 1. The van der Waals surface area contributed by atoms with Gasteiger partial charge in [0.2, 0.25) is 0 Å². The van der Waals surface area contributed by atoms with E-state index in [0.717, 1.165) is 25.2 Å². The third kappa shape index (κ3) is 4.24. The fraction of sp³-hybridized carbons (Fsp3) is 0.562. The Kier molecular flexibility index (Phi) is 5.29. The van der Waals surface area contributed by atoms with Gasteiger partial charge in [-0.2, -0.15) is 5.26 Å². The molecule has 0 saturated carbocycles. The molecule has 1 saturated heterocycles. The lowest BCUT2D eigenvalue weighted by Crippen LogP contribution is -2.53. The molecule has 1 fully saturated rings. The van der Waals surface area contributed by atoms with Gasteiger partial charge in [0.15, 0.2) is 0 Å². The van der Waals surface area contributed by atoms with Crippen LogP contribution in [0.1, 0.15) is 25.0 Å². The summed E-state index contributed by atoms with van der Waals surface area (Å²) in [6.07, 6.45) is -0.318. The number of hydrogen-bond acceptors (Lipinski definition) is 4. The number of β-amino-alcohol motifs (C(OH)–C–C–N with tert-alkyl or cyclic N) is 1. The van der Waals surface area contributed by atoms with Gasteiger partial charge in [0.25, 0.3) is 0 Å². The molecule has 0 bridgehead atoms. The van der Waals surface area contributed by atoms with Gasteiger partial charge in [0, 0.05) is 38.8 Å². The Morgan fingerprint density at radius 3 is 2.86 bits per heavy atom. The van der Waals surface area contributed by atoms with E-state index in [4.69, 9.17) is 5.26 Å². The molecular formula is C16H22FN3O. The van der Waals surface area contributed by atoms with Crippen LogP contribution in [0.5, 0.6) is 0 Å². The molecule has 2 rings (SSSR count). The molecule has 1 aliphatic rings. The van der Waals surface area contributed by atoms with Crippen molar-refractivity contribution in [1.82, 2.24) is 9.80 Å². The first-order valence-corrected chi connectivity index (χ1v) is 7.32. The van der Waals surface area contributed by atoms with E-state index in [1.54, 1.807) is 13.0 Å². The lowest BCUT2D eigenvalue weighted by atomic mass is 10.1. The summed E-state index contributed by atoms with van der Waals surface area (Å²) in [6.45, 7) is 7.97. The van der Waals surface area contributed by atoms with Crippen LogP contribution < -0.4 is 0 Å². The van der Waals surface area contributed by atoms with Crippen molar-refractivity contribution in [3.05, 3.63) is 35.1 Å². The molecule has 1 aromatic rings. The second-order valence-corrected chi connectivity index (χ2v) is 5.84. The molecule has 0 aromatic heterocycles. The maximum atomic E-state index is 13.2. The number of nitrogens with zero attached hydrogens (tertiary/aromatic N) is 3. The molecule has 5 heteroatoms. The van der Waals surface area contributed by atoms with E-state index >= 15 is 0 Å². The van der Waals surface area contributed by atoms with Gasteiger partial charge in [0.1, 0.15) is 5.82 Å². The molecule has 1 heterocycles. The summed E-state index contributed by atoms with van der Waals surface area (Å²) < 4.78 is 13.2. The summed E-state index contributed by atoms with van der Waals surface area (Å²) in [7, 11) is 0. The molecule has 0 spiro atoms. The van der Waals surface area contributed by atoms with E-state index in [1.807, 2.05) is 0 Å². The molecule has 1 N–H and O–H groups in total. The summed E-state index contributed by atoms with van der Waals surface area (Å²) in [6, 6.07) is 6.82. The minimum atomic E-state index is -0.370. The highest BCUT2D eigenvalue weighted by molar-refractivity contribution is 5.37. The molecule has 0 unspecified atom stereocenters. The van der Waals surface area contributed by atoms with Crippen LogP contribution in [0, 0.1) is 17.1 Å². The fourth-order valence-corrected chi connectivity index (χ4v) is 2.86. The van der Waals surface area contributed by atoms with E-state index in [-0.39, 0.29) is 11.9 Å². The number of halogens is 1. The lowest BCUT2D eigenvalue weighted by molar-refractivity contribution is 0.0422. The molecule has 4 nitrogen and oxygen atoms in total. The fourth-order valence-electron chi connectivity index (χ4n) is 2.86. The van der Waals surface area contributed by atoms with Crippen molar-refractivity contribution < 1.29 is 9.50 Å². The van der Waals surface area contributed by atoms with Crippen LogP contribution in [-0.2, 0) is 6.54 Å². The Morgan fingerprint density at radius 1 is 1.48 bits per heavy atom. The number of rotatable bonds is 4. The van der Waals surface area contributed by atoms with E-state index in [9.17, 15) is 9.50 Å². The standard InChI is InChI=1S/C16H22FN3O/c1-12-9-19(5-6-20(12)10-13(2)21)11-14-3-4-16(17)7-15(14)8-18/h3-4,7,12-13,21H,5-6,9-11H2,1-2H3/t12-,13-/m0/s1. The van der Waals surface area contributed by atoms with Gasteiger partial charge in [0.05, 0.1) is 17.7 Å². The summed E-state index contributed by atoms with van der Waals surface area (Å²) in [5, 5.41) is 18.6. The summed E-state index contributed by atoms with van der Waals surface area (Å²) in [5.41, 5.74) is 1.28. The van der Waals surface area contributed by atoms with E-state index in [2.05, 4.69) is 22.8 Å². The van der Waals surface area contributed by atoms with Gasteiger partial charge in [-0.3, -0.25) is 9.80 Å². The average molecular weight is 291 g/mol. The highest BCUT2D eigenvalue weighted by Crippen LogP contribution is 2.17. The highest BCUT2D eigenvalue weighted by Gasteiger charge is 2.24. The monoisotopic (exact) mass is 291 g/mol. The van der Waals surface area contributed by atoms with Crippen molar-refractivity contribution in [2.75, 3.05) is 26.2 Å². The maximum Gasteiger partial charge on any atom is 0.124 e. The zero-order valence-corrected chi connectivity index (χ0v) is 12.6. The van der Waals surface area contributed by atoms with Crippen molar-refractivity contribution in [1.29, 1.82) is 5.26 Å². The molecule has 0 amide bonds. The Bertz CT molecular complexity index is 527. The van der Waals surface area contributed by atoms with Crippen LogP contribution >= 0.6 is 0 Å². The number of hydrogen-bond donors (Lipinski definition) is 1. The Morgan fingerprint density at radius 2 is 2.24 bits per heavy atom. The van der Waals surface area contributed by atoms with Gasteiger partial charge in [-0.1, -0.05) is 6.07 Å². The van der Waals surface area contributed by atoms with Crippen molar-refractivity contribution >= 4 is 0 Å². The number of aliphatic hydroxyl groups excluding tert-OH is 1. The van der Waals surface area contributed by atoms with Crippen LogP contribution in [0.4, 0.5) is 4.39 Å². The van der Waals surface area contributed by atoms with E-state index < -0.39 is 0 Å². The number of aliphatic hydroxyl groups is 1. The first kappa shape index (κ1) is 15.9. The zero-order chi connectivity index (χ0) is 15.4. The summed E-state index contributed by atoms with van der Waals surface area (Å²) >= 11 is 0. The quantitative estimate of drug-likeness (QED) is 0.915. The second kappa shape index (κ2) is 6.99. The van der Waals surface area contributed by atoms with Crippen LogP contribution in [0.3, 0.4) is 0 Å². The van der Waals surface area contributed by atoms with Crippen LogP contribution in [-0.4, -0.2) is 53.2 Å². The SMILES string of the molecule is C[C@H](O)CN1CCN(Cc2ccc(F)cc2C#N)C[C@@H]1C. The maximum absolute atomic E-state index is 13.2. The van der Waals surface area contributed by atoms with Crippen LogP contribution in [0.15, 0.2) is 18.2 Å². The molecule has 21 heavy (non-hydrogen) atoms. The number of piperazine rings is 1. The molecular weight excluding hydrogens is 269 g/mol. The first-order chi connectivity index (χ1) is 9.99. The normalized spacial score (nSPS) is 22.0. The van der Waals surface area contributed by atoms with Crippen LogP contribution in [0.2, 0.25) is 0 Å². The van der Waals surface area contributed by atoms with Crippen molar-refractivity contribution in [3.8, 4) is 6.07 Å². The number of benzene rings is 1. The molecule has 1 aromatic carbocycles. The van der Waals surface area contributed by atoms with Crippen LogP contribution in [0.25, 0.3) is 0 Å². The highest BCUT2D eigenvalue weighted by atomic mass is 19.1. The minimum absolute atomic E-state index is 0.318. The molecule has 0 aliphatic carbocycles. The summed E-state index contributed by atoms with van der Waals surface area (Å²) in [4.78, 5) is 4.55.